The van der Waals surface area contributed by atoms with Crippen LogP contribution < -0.4 is 0 Å². The minimum atomic E-state index is 0. The Morgan fingerprint density at radius 3 is 1.78 bits per heavy atom. The van der Waals surface area contributed by atoms with Crippen LogP contribution in [-0.4, -0.2) is 0 Å². The van der Waals surface area contributed by atoms with E-state index in [0.29, 0.717) is 0 Å². The summed E-state index contributed by atoms with van der Waals surface area (Å²) in [6, 6.07) is 9.27. The third-order valence-electron chi connectivity index (χ3n) is 6.14. The maximum Gasteiger partial charge on any atom is 0 e. The summed E-state index contributed by atoms with van der Waals surface area (Å²) in [4.78, 5) is 0. The van der Waals surface area contributed by atoms with Gasteiger partial charge in [-0.15, -0.1) is 6.58 Å². The molecule has 0 radical (unpaired) electrons. The average Bonchev–Trinajstić information content (AvgIpc) is 2.56. The summed E-state index contributed by atoms with van der Waals surface area (Å²) in [6.07, 6.45) is 13.6. The number of hydrogen-bond acceptors (Lipinski definition) is 0. The van der Waals surface area contributed by atoms with Crippen molar-refractivity contribution in [3.63, 3.8) is 0 Å². The molecule has 0 bridgehead atoms. The van der Waals surface area contributed by atoms with Gasteiger partial charge in [0.2, 0.25) is 0 Å². The third-order valence-corrected chi connectivity index (χ3v) is 6.14. The van der Waals surface area contributed by atoms with Gasteiger partial charge in [-0.05, 0) is 87.5 Å². The highest BCUT2D eigenvalue weighted by Gasteiger charge is 2.30. The molecular weight excluding hydrogens is 276 g/mol. The molecule has 3 rings (SSSR count). The Bertz CT molecular complexity index is 449. The smallest absolute Gasteiger partial charge is 0 e. The fourth-order valence-corrected chi connectivity index (χ4v) is 4.61. The predicted molar refractivity (Wildman–Crippen MR) is 109 cm³/mol. The molecule has 0 atom stereocenters. The molecule has 1 aromatic carbocycles. The molecule has 0 unspecified atom stereocenters. The van der Waals surface area contributed by atoms with Crippen molar-refractivity contribution < 1.29 is 2.85 Å². The Hall–Kier alpha value is -1.04. The summed E-state index contributed by atoms with van der Waals surface area (Å²) in [5.41, 5.74) is 2.96. The van der Waals surface area contributed by atoms with E-state index < -0.39 is 0 Å². The average molecular weight is 319 g/mol. The highest BCUT2D eigenvalue weighted by molar-refractivity contribution is 5.24. The molecule has 134 valence electrons. The van der Waals surface area contributed by atoms with Crippen molar-refractivity contribution in [2.24, 2.45) is 17.8 Å². The normalized spacial score (nSPS) is 30.7. The van der Waals surface area contributed by atoms with E-state index >= 15 is 0 Å². The lowest BCUT2D eigenvalue weighted by atomic mass is 9.68. The van der Waals surface area contributed by atoms with Crippen molar-refractivity contribution in [1.82, 2.24) is 0 Å². The maximum absolute atomic E-state index is 3.97. The molecule has 0 aromatic heterocycles. The summed E-state index contributed by atoms with van der Waals surface area (Å²) in [5, 5.41) is 0. The predicted octanol–water partition coefficient (Wildman–Crippen LogP) is 8.03. The van der Waals surface area contributed by atoms with E-state index in [9.17, 15) is 0 Å². The summed E-state index contributed by atoms with van der Waals surface area (Å²) >= 11 is 0. The minimum absolute atomic E-state index is 0. The largest absolute Gasteiger partial charge is 0.103 e. The van der Waals surface area contributed by atoms with Crippen molar-refractivity contribution in [3.8, 4) is 0 Å². The molecule has 0 aliphatic heterocycles. The fourth-order valence-electron chi connectivity index (χ4n) is 4.61. The van der Waals surface area contributed by atoms with Gasteiger partial charge in [0.05, 0.1) is 0 Å². The molecule has 2 saturated carbocycles. The monoisotopic (exact) mass is 318 g/mol. The number of rotatable bonds is 3. The Morgan fingerprint density at radius 1 is 0.826 bits per heavy atom. The van der Waals surface area contributed by atoms with Gasteiger partial charge < -0.3 is 0 Å². The van der Waals surface area contributed by atoms with Gasteiger partial charge in [0, 0.05) is 2.85 Å². The van der Waals surface area contributed by atoms with Gasteiger partial charge in [-0.2, -0.15) is 0 Å². The lowest BCUT2D eigenvalue weighted by Crippen LogP contribution is -2.25. The van der Waals surface area contributed by atoms with Crippen LogP contribution in [0.4, 0.5) is 0 Å². The fraction of sp³-hybridized carbons (Fsp3) is 0.652. The summed E-state index contributed by atoms with van der Waals surface area (Å²) in [5.74, 6) is 3.66. The van der Waals surface area contributed by atoms with Crippen molar-refractivity contribution in [2.45, 2.75) is 79.1 Å². The van der Waals surface area contributed by atoms with E-state index in [1.165, 1.54) is 56.9 Å². The van der Waals surface area contributed by atoms with Gasteiger partial charge >= 0.3 is 0 Å². The second-order valence-electron chi connectivity index (χ2n) is 7.43. The van der Waals surface area contributed by atoms with Crippen LogP contribution in [-0.2, 0) is 0 Å². The molecule has 0 spiro atoms. The summed E-state index contributed by atoms with van der Waals surface area (Å²) < 4.78 is 0. The van der Waals surface area contributed by atoms with Crippen LogP contribution in [0.3, 0.4) is 0 Å². The Balaban J connectivity index is 0. The highest BCUT2D eigenvalue weighted by Crippen LogP contribution is 2.43. The van der Waals surface area contributed by atoms with Crippen molar-refractivity contribution in [2.75, 3.05) is 0 Å². The molecule has 0 saturated heterocycles. The Labute approximate surface area is 148 Å². The quantitative estimate of drug-likeness (QED) is 0.495. The van der Waals surface area contributed by atoms with Gasteiger partial charge in [0.25, 0.3) is 0 Å². The SMILES string of the molecule is C.C.C=CC1CCC(C2CCC(c3ccc(C)cc3)CC2)CC1.[HH].[HH]. The number of hydrogen-bond donors (Lipinski definition) is 0. The molecule has 0 nitrogen and oxygen atoms in total. The van der Waals surface area contributed by atoms with E-state index in [-0.39, 0.29) is 17.7 Å². The van der Waals surface area contributed by atoms with Crippen LogP contribution in [0.1, 0.15) is 86.1 Å². The zero-order valence-electron chi connectivity index (χ0n) is 13.6. The van der Waals surface area contributed by atoms with Crippen LogP contribution in [0.25, 0.3) is 0 Å². The minimum Gasteiger partial charge on any atom is -0.103 e. The van der Waals surface area contributed by atoms with E-state index in [2.05, 4.69) is 43.8 Å². The second kappa shape index (κ2) is 9.30. The number of aryl methyl sites for hydroxylation is 1. The van der Waals surface area contributed by atoms with Crippen molar-refractivity contribution in [3.05, 3.63) is 48.0 Å². The topological polar surface area (TPSA) is 0 Å². The molecule has 23 heavy (non-hydrogen) atoms. The summed E-state index contributed by atoms with van der Waals surface area (Å²) in [6.45, 7) is 6.15. The first-order chi connectivity index (χ1) is 10.3. The summed E-state index contributed by atoms with van der Waals surface area (Å²) in [7, 11) is 0. The highest BCUT2D eigenvalue weighted by atomic mass is 14.4. The molecule has 1 aromatic rings. The number of allylic oxidation sites excluding steroid dienone is 1. The molecule has 0 heteroatoms. The first-order valence-corrected chi connectivity index (χ1v) is 8.95. The standard InChI is InChI=1S/C21H30.2CH4.2H2/c1-3-17-6-10-19(11-7-17)21-14-12-20(13-15-21)18-8-4-16(2)5-9-18;;;;/h3-5,8-9,17,19-21H,1,6-7,10-15H2,2H3;2*1H4;2*1H. The Kier molecular flexibility index (Phi) is 8.09. The second-order valence-corrected chi connectivity index (χ2v) is 7.43. The molecule has 2 aliphatic rings. The first-order valence-electron chi connectivity index (χ1n) is 8.95. The van der Waals surface area contributed by atoms with Gasteiger partial charge in [0.1, 0.15) is 0 Å². The van der Waals surface area contributed by atoms with Gasteiger partial charge in [-0.25, -0.2) is 0 Å². The van der Waals surface area contributed by atoms with Gasteiger partial charge in [0.15, 0.2) is 0 Å². The number of benzene rings is 1. The molecule has 0 N–H and O–H groups in total. The zero-order chi connectivity index (χ0) is 14.7. The lowest BCUT2D eigenvalue weighted by molar-refractivity contribution is 0.171. The maximum atomic E-state index is 3.97. The van der Waals surface area contributed by atoms with E-state index in [1.54, 1.807) is 5.56 Å². The molecule has 2 fully saturated rings. The van der Waals surface area contributed by atoms with Crippen LogP contribution >= 0.6 is 0 Å². The van der Waals surface area contributed by atoms with Crippen LogP contribution in [0, 0.1) is 24.7 Å². The van der Waals surface area contributed by atoms with Crippen molar-refractivity contribution >= 4 is 0 Å². The third kappa shape index (κ3) is 4.96. The molecule has 0 amide bonds. The first kappa shape index (κ1) is 20.0. The van der Waals surface area contributed by atoms with E-state index in [1.807, 2.05) is 0 Å². The van der Waals surface area contributed by atoms with Gasteiger partial charge in [-0.3, -0.25) is 0 Å². The van der Waals surface area contributed by atoms with E-state index in [4.69, 9.17) is 0 Å². The molecule has 0 heterocycles. The van der Waals surface area contributed by atoms with Crippen LogP contribution in [0.5, 0.6) is 0 Å². The Morgan fingerprint density at radius 2 is 1.30 bits per heavy atom. The van der Waals surface area contributed by atoms with Crippen molar-refractivity contribution in [1.29, 1.82) is 0 Å². The molecular formula is C23H42. The zero-order valence-corrected chi connectivity index (χ0v) is 13.6. The molecule has 2 aliphatic carbocycles. The van der Waals surface area contributed by atoms with E-state index in [0.717, 1.165) is 23.7 Å². The van der Waals surface area contributed by atoms with Crippen LogP contribution in [0.15, 0.2) is 36.9 Å². The van der Waals surface area contributed by atoms with Crippen LogP contribution in [0.2, 0.25) is 0 Å². The van der Waals surface area contributed by atoms with Gasteiger partial charge in [-0.1, -0.05) is 50.8 Å². The lowest BCUT2D eigenvalue weighted by Gasteiger charge is -2.37.